The number of halogens is 4. The number of rotatable bonds is 3. The molecule has 0 aromatic heterocycles. The van der Waals surface area contributed by atoms with E-state index < -0.39 is 17.6 Å². The van der Waals surface area contributed by atoms with Crippen LogP contribution >= 0.6 is 0 Å². The Hall–Kier alpha value is -2.37. The highest BCUT2D eigenvalue weighted by Gasteiger charge is 2.41. The summed E-state index contributed by atoms with van der Waals surface area (Å²) in [7, 11) is 0. The van der Waals surface area contributed by atoms with Crippen molar-refractivity contribution in [2.45, 2.75) is 24.6 Å². The number of carbonyl (C=O) groups excluding carboxylic acids is 1. The average molecular weight is 323 g/mol. The number of hydrogen-bond acceptors (Lipinski definition) is 1. The Morgan fingerprint density at radius 2 is 1.70 bits per heavy atom. The Bertz CT molecular complexity index is 724. The van der Waals surface area contributed by atoms with Crippen molar-refractivity contribution >= 4 is 5.91 Å². The maximum Gasteiger partial charge on any atom is 0.417 e. The molecule has 2 nitrogen and oxygen atoms in total. The lowest BCUT2D eigenvalue weighted by Crippen LogP contribution is -2.28. The molecule has 0 spiro atoms. The van der Waals surface area contributed by atoms with E-state index in [0.717, 1.165) is 17.7 Å². The van der Waals surface area contributed by atoms with Crippen molar-refractivity contribution in [2.75, 3.05) is 0 Å². The highest BCUT2D eigenvalue weighted by atomic mass is 19.4. The second-order valence-corrected chi connectivity index (χ2v) is 5.52. The third kappa shape index (κ3) is 3.36. The van der Waals surface area contributed by atoms with E-state index in [4.69, 9.17) is 0 Å². The van der Waals surface area contributed by atoms with Crippen molar-refractivity contribution in [1.82, 2.24) is 5.32 Å². The molecular weight excluding hydrogens is 310 g/mol. The second-order valence-electron chi connectivity index (χ2n) is 5.52. The third-order valence-electron chi connectivity index (χ3n) is 3.88. The van der Waals surface area contributed by atoms with Gasteiger partial charge in [-0.05, 0) is 36.2 Å². The van der Waals surface area contributed by atoms with Gasteiger partial charge < -0.3 is 5.32 Å². The quantitative estimate of drug-likeness (QED) is 0.846. The zero-order valence-corrected chi connectivity index (χ0v) is 11.9. The minimum atomic E-state index is -4.58. The van der Waals surface area contributed by atoms with Crippen LogP contribution in [0.5, 0.6) is 0 Å². The monoisotopic (exact) mass is 323 g/mol. The second kappa shape index (κ2) is 5.68. The van der Waals surface area contributed by atoms with Crippen LogP contribution in [0.1, 0.15) is 33.8 Å². The number of alkyl halides is 3. The lowest BCUT2D eigenvalue weighted by molar-refractivity contribution is -0.137. The molecule has 3 rings (SSSR count). The van der Waals surface area contributed by atoms with E-state index in [0.29, 0.717) is 6.42 Å². The van der Waals surface area contributed by atoms with Gasteiger partial charge in [0.2, 0.25) is 0 Å². The van der Waals surface area contributed by atoms with E-state index in [1.165, 1.54) is 24.3 Å². The molecule has 1 saturated carbocycles. The summed E-state index contributed by atoms with van der Waals surface area (Å²) in [6.07, 6.45) is -3.95. The largest absolute Gasteiger partial charge is 0.417 e. The molecule has 2 atom stereocenters. The average Bonchev–Trinajstić information content (AvgIpc) is 3.26. The minimum absolute atomic E-state index is 0.0117. The van der Waals surface area contributed by atoms with E-state index in [-0.39, 0.29) is 23.3 Å². The summed E-state index contributed by atoms with van der Waals surface area (Å²) in [6, 6.07) is 10.4. The molecule has 120 valence electrons. The Morgan fingerprint density at radius 1 is 1.04 bits per heavy atom. The van der Waals surface area contributed by atoms with Crippen molar-refractivity contribution in [3.63, 3.8) is 0 Å². The van der Waals surface area contributed by atoms with E-state index >= 15 is 0 Å². The molecule has 1 unspecified atom stereocenters. The molecule has 1 aliphatic rings. The Balaban J connectivity index is 1.71. The lowest BCUT2D eigenvalue weighted by Gasteiger charge is -2.12. The zero-order chi connectivity index (χ0) is 16.6. The van der Waals surface area contributed by atoms with Gasteiger partial charge in [0.15, 0.2) is 0 Å². The van der Waals surface area contributed by atoms with Gasteiger partial charge in [-0.25, -0.2) is 4.39 Å². The summed E-state index contributed by atoms with van der Waals surface area (Å²) in [5, 5.41) is 2.61. The molecule has 0 bridgehead atoms. The van der Waals surface area contributed by atoms with E-state index in [9.17, 15) is 22.4 Å². The summed E-state index contributed by atoms with van der Waals surface area (Å²) in [4.78, 5) is 12.1. The fourth-order valence-electron chi connectivity index (χ4n) is 2.61. The van der Waals surface area contributed by atoms with Crippen LogP contribution in [0.15, 0.2) is 48.5 Å². The first kappa shape index (κ1) is 15.5. The van der Waals surface area contributed by atoms with Gasteiger partial charge in [0, 0.05) is 12.0 Å². The molecule has 1 N–H and O–H groups in total. The topological polar surface area (TPSA) is 29.1 Å². The van der Waals surface area contributed by atoms with E-state index in [1.54, 1.807) is 12.1 Å². The first-order chi connectivity index (χ1) is 10.9. The summed E-state index contributed by atoms with van der Waals surface area (Å²) in [6.45, 7) is 0. The number of carbonyl (C=O) groups is 1. The fourth-order valence-corrected chi connectivity index (χ4v) is 2.61. The van der Waals surface area contributed by atoms with Gasteiger partial charge >= 0.3 is 6.18 Å². The van der Waals surface area contributed by atoms with E-state index in [2.05, 4.69) is 5.32 Å². The van der Waals surface area contributed by atoms with Gasteiger partial charge in [-0.15, -0.1) is 0 Å². The number of amides is 1. The molecule has 0 radical (unpaired) electrons. The summed E-state index contributed by atoms with van der Waals surface area (Å²) in [5.41, 5.74) is -0.470. The predicted molar refractivity (Wildman–Crippen MR) is 76.5 cm³/mol. The molecule has 1 amide bonds. The van der Waals surface area contributed by atoms with Crippen molar-refractivity contribution < 1.29 is 22.4 Å². The van der Waals surface area contributed by atoms with Gasteiger partial charge in [0.05, 0.1) is 11.1 Å². The summed E-state index contributed by atoms with van der Waals surface area (Å²) in [5.74, 6) is -1.08. The Labute approximate surface area is 130 Å². The molecular formula is C17H13F4NO. The predicted octanol–water partition coefficient (Wildman–Crippen LogP) is 4.13. The molecule has 0 aliphatic heterocycles. The zero-order valence-electron chi connectivity index (χ0n) is 11.9. The molecule has 2 aromatic rings. The Kier molecular flexibility index (Phi) is 3.83. The van der Waals surface area contributed by atoms with Crippen molar-refractivity contribution in [3.8, 4) is 0 Å². The summed E-state index contributed by atoms with van der Waals surface area (Å²) < 4.78 is 51.7. The van der Waals surface area contributed by atoms with Crippen molar-refractivity contribution in [3.05, 3.63) is 71.0 Å². The molecule has 1 aliphatic carbocycles. The maximum absolute atomic E-state index is 12.9. The van der Waals surface area contributed by atoms with Crippen LogP contribution in [0.25, 0.3) is 0 Å². The molecule has 0 saturated heterocycles. The van der Waals surface area contributed by atoms with Gasteiger partial charge in [-0.3, -0.25) is 4.79 Å². The molecule has 6 heteroatoms. The molecule has 0 heterocycles. The van der Waals surface area contributed by atoms with Crippen LogP contribution in [-0.2, 0) is 6.18 Å². The molecule has 2 aromatic carbocycles. The SMILES string of the molecule is O=C(N[C@@H]1CC1c1ccc(F)cc1)c1ccccc1C(F)(F)F. The van der Waals surface area contributed by atoms with E-state index in [1.807, 2.05) is 0 Å². The van der Waals surface area contributed by atoms with Gasteiger partial charge in [-0.1, -0.05) is 24.3 Å². The lowest BCUT2D eigenvalue weighted by atomic mass is 10.1. The third-order valence-corrected chi connectivity index (χ3v) is 3.88. The highest BCUT2D eigenvalue weighted by molar-refractivity contribution is 5.96. The molecule has 23 heavy (non-hydrogen) atoms. The van der Waals surface area contributed by atoms with Crippen LogP contribution in [-0.4, -0.2) is 11.9 Å². The Morgan fingerprint density at radius 3 is 2.35 bits per heavy atom. The fraction of sp³-hybridized carbons (Fsp3) is 0.235. The minimum Gasteiger partial charge on any atom is -0.349 e. The number of benzene rings is 2. The summed E-state index contributed by atoms with van der Waals surface area (Å²) >= 11 is 0. The highest BCUT2D eigenvalue weighted by Crippen LogP contribution is 2.41. The number of hydrogen-bond donors (Lipinski definition) is 1. The maximum atomic E-state index is 12.9. The first-order valence-corrected chi connectivity index (χ1v) is 7.09. The van der Waals surface area contributed by atoms with Crippen LogP contribution in [0, 0.1) is 5.82 Å². The normalized spacial score (nSPS) is 20.2. The van der Waals surface area contributed by atoms with Crippen LogP contribution in [0.4, 0.5) is 17.6 Å². The number of nitrogens with one attached hydrogen (secondary N) is 1. The first-order valence-electron chi connectivity index (χ1n) is 7.09. The standard InChI is InChI=1S/C17H13F4NO/c18-11-7-5-10(6-8-11)13-9-15(13)22-16(23)12-3-1-2-4-14(12)17(19,20)21/h1-8,13,15H,9H2,(H,22,23)/t13?,15-/m1/s1. The van der Waals surface area contributed by atoms with Crippen LogP contribution in [0.3, 0.4) is 0 Å². The van der Waals surface area contributed by atoms with Gasteiger partial charge in [-0.2, -0.15) is 13.2 Å². The van der Waals surface area contributed by atoms with Crippen molar-refractivity contribution in [1.29, 1.82) is 0 Å². The van der Waals surface area contributed by atoms with Crippen LogP contribution in [0.2, 0.25) is 0 Å². The van der Waals surface area contributed by atoms with Crippen LogP contribution < -0.4 is 5.32 Å². The van der Waals surface area contributed by atoms with Crippen molar-refractivity contribution in [2.24, 2.45) is 0 Å². The molecule has 1 fully saturated rings. The smallest absolute Gasteiger partial charge is 0.349 e. The van der Waals surface area contributed by atoms with Gasteiger partial charge in [0.25, 0.3) is 5.91 Å². The van der Waals surface area contributed by atoms with Gasteiger partial charge in [0.1, 0.15) is 5.82 Å².